The van der Waals surface area contributed by atoms with Gasteiger partial charge in [0, 0.05) is 34.2 Å². The molecule has 2 amide bonds. The van der Waals surface area contributed by atoms with Gasteiger partial charge in [-0.1, -0.05) is 29.8 Å². The van der Waals surface area contributed by atoms with Gasteiger partial charge < -0.3 is 15.5 Å². The summed E-state index contributed by atoms with van der Waals surface area (Å²) in [5.74, 6) is 0.539. The highest BCUT2D eigenvalue weighted by atomic mass is 35.5. The van der Waals surface area contributed by atoms with Crippen molar-refractivity contribution in [3.05, 3.63) is 58.6 Å². The number of thioether (sulfide) groups is 1. The zero-order valence-electron chi connectivity index (χ0n) is 15.3. The van der Waals surface area contributed by atoms with Crippen LogP contribution in [0.25, 0.3) is 0 Å². The number of benzene rings is 2. The van der Waals surface area contributed by atoms with Crippen molar-refractivity contribution in [1.29, 1.82) is 0 Å². The van der Waals surface area contributed by atoms with Crippen molar-refractivity contribution in [2.24, 2.45) is 0 Å². The van der Waals surface area contributed by atoms with Crippen LogP contribution in [0.2, 0.25) is 5.02 Å². The highest BCUT2D eigenvalue weighted by molar-refractivity contribution is 7.99. The fourth-order valence-electron chi connectivity index (χ4n) is 2.97. The SMILES string of the molecule is CN(C)[C@H](CNC(=O)c1ccc2c(c1)NC(=O)CCS2)c1ccccc1Cl. The third-order valence-electron chi connectivity index (χ3n) is 4.45. The van der Waals surface area contributed by atoms with Gasteiger partial charge in [0.05, 0.1) is 11.7 Å². The molecule has 142 valence electrons. The Bertz CT molecular complexity index is 857. The van der Waals surface area contributed by atoms with Gasteiger partial charge in [-0.15, -0.1) is 11.8 Å². The number of hydrogen-bond acceptors (Lipinski definition) is 4. The van der Waals surface area contributed by atoms with Gasteiger partial charge in [-0.3, -0.25) is 9.59 Å². The molecule has 2 aromatic carbocycles. The molecular weight excluding hydrogens is 382 g/mol. The number of halogens is 1. The Kier molecular flexibility index (Phi) is 6.42. The highest BCUT2D eigenvalue weighted by Crippen LogP contribution is 2.31. The number of hydrogen-bond donors (Lipinski definition) is 2. The van der Waals surface area contributed by atoms with Gasteiger partial charge in [0.1, 0.15) is 0 Å². The van der Waals surface area contributed by atoms with Gasteiger partial charge in [0.15, 0.2) is 0 Å². The third-order valence-corrected chi connectivity index (χ3v) is 5.87. The van der Waals surface area contributed by atoms with Crippen LogP contribution in [0.3, 0.4) is 0 Å². The van der Waals surface area contributed by atoms with Crippen LogP contribution in [-0.2, 0) is 4.79 Å². The van der Waals surface area contributed by atoms with Gasteiger partial charge in [0.2, 0.25) is 5.91 Å². The quantitative estimate of drug-likeness (QED) is 0.797. The second-order valence-corrected chi connectivity index (χ2v) is 8.11. The van der Waals surface area contributed by atoms with Crippen LogP contribution in [0.15, 0.2) is 47.4 Å². The minimum atomic E-state index is -0.180. The molecule has 0 bridgehead atoms. The van der Waals surface area contributed by atoms with Crippen LogP contribution in [0.1, 0.15) is 28.4 Å². The number of fused-ring (bicyclic) bond motifs is 1. The molecule has 0 unspecified atom stereocenters. The number of carbonyl (C=O) groups is 2. The summed E-state index contributed by atoms with van der Waals surface area (Å²) in [5, 5.41) is 6.53. The minimum absolute atomic E-state index is 0.0230. The molecule has 1 aliphatic heterocycles. The average molecular weight is 404 g/mol. The van der Waals surface area contributed by atoms with E-state index in [2.05, 4.69) is 10.6 Å². The molecule has 2 aromatic rings. The number of likely N-dealkylation sites (N-methyl/N-ethyl adjacent to an activating group) is 1. The molecule has 1 atom stereocenters. The average Bonchev–Trinajstić information content (AvgIpc) is 2.82. The van der Waals surface area contributed by atoms with E-state index in [-0.39, 0.29) is 17.9 Å². The first-order valence-electron chi connectivity index (χ1n) is 8.71. The van der Waals surface area contributed by atoms with Crippen LogP contribution < -0.4 is 10.6 Å². The minimum Gasteiger partial charge on any atom is -0.350 e. The molecule has 0 aliphatic carbocycles. The third kappa shape index (κ3) is 4.83. The Morgan fingerprint density at radius 1 is 1.30 bits per heavy atom. The largest absolute Gasteiger partial charge is 0.350 e. The van der Waals surface area contributed by atoms with E-state index < -0.39 is 0 Å². The summed E-state index contributed by atoms with van der Waals surface area (Å²) in [7, 11) is 3.91. The van der Waals surface area contributed by atoms with Crippen molar-refractivity contribution >= 4 is 40.9 Å². The Labute approximate surface area is 168 Å². The number of amides is 2. The molecule has 2 N–H and O–H groups in total. The van der Waals surface area contributed by atoms with E-state index in [9.17, 15) is 9.59 Å². The summed E-state index contributed by atoms with van der Waals surface area (Å²) in [6, 6.07) is 13.0. The van der Waals surface area contributed by atoms with Crippen molar-refractivity contribution in [1.82, 2.24) is 10.2 Å². The molecule has 0 saturated heterocycles. The van der Waals surface area contributed by atoms with Crippen LogP contribution in [0.4, 0.5) is 5.69 Å². The second kappa shape index (κ2) is 8.78. The summed E-state index contributed by atoms with van der Waals surface area (Å²) in [6.45, 7) is 0.424. The van der Waals surface area contributed by atoms with Crippen molar-refractivity contribution in [2.45, 2.75) is 17.4 Å². The predicted molar refractivity (Wildman–Crippen MR) is 111 cm³/mol. The van der Waals surface area contributed by atoms with Gasteiger partial charge in [-0.25, -0.2) is 0 Å². The van der Waals surface area contributed by atoms with E-state index >= 15 is 0 Å². The Balaban J connectivity index is 1.73. The molecule has 27 heavy (non-hydrogen) atoms. The zero-order valence-corrected chi connectivity index (χ0v) is 16.9. The van der Waals surface area contributed by atoms with Crippen molar-refractivity contribution in [2.75, 3.05) is 31.7 Å². The maximum Gasteiger partial charge on any atom is 0.251 e. The number of rotatable bonds is 5. The lowest BCUT2D eigenvalue weighted by Crippen LogP contribution is -2.34. The topological polar surface area (TPSA) is 61.4 Å². The first-order chi connectivity index (χ1) is 13.0. The standard InChI is InChI=1S/C20H22ClN3O2S/c1-24(2)17(14-5-3-4-6-15(14)21)12-22-20(26)13-7-8-18-16(11-13)23-19(25)9-10-27-18/h3-8,11,17H,9-10,12H2,1-2H3,(H,22,26)(H,23,25)/t17-/m1/s1. The fraction of sp³-hybridized carbons (Fsp3) is 0.300. The monoisotopic (exact) mass is 403 g/mol. The molecule has 1 heterocycles. The number of carbonyl (C=O) groups excluding carboxylic acids is 2. The summed E-state index contributed by atoms with van der Waals surface area (Å²) in [6.07, 6.45) is 0.475. The smallest absolute Gasteiger partial charge is 0.251 e. The molecule has 0 saturated carbocycles. The number of anilines is 1. The van der Waals surface area contributed by atoms with Crippen LogP contribution in [0.5, 0.6) is 0 Å². The first-order valence-corrected chi connectivity index (χ1v) is 10.1. The lowest BCUT2D eigenvalue weighted by atomic mass is 10.1. The Hall–Kier alpha value is -2.02. The van der Waals surface area contributed by atoms with Gasteiger partial charge in [-0.2, -0.15) is 0 Å². The molecule has 5 nitrogen and oxygen atoms in total. The molecule has 0 fully saturated rings. The zero-order chi connectivity index (χ0) is 19.4. The summed E-state index contributed by atoms with van der Waals surface area (Å²) in [4.78, 5) is 27.4. The van der Waals surface area contributed by atoms with E-state index in [1.165, 1.54) is 0 Å². The molecule has 1 aliphatic rings. The van der Waals surface area contributed by atoms with Crippen LogP contribution in [0, 0.1) is 0 Å². The van der Waals surface area contributed by atoms with Gasteiger partial charge in [0.25, 0.3) is 5.91 Å². The van der Waals surface area contributed by atoms with E-state index in [1.807, 2.05) is 49.3 Å². The van der Waals surface area contributed by atoms with Crippen molar-refractivity contribution in [3.63, 3.8) is 0 Å². The summed E-state index contributed by atoms with van der Waals surface area (Å²) in [5.41, 5.74) is 2.19. The predicted octanol–water partition coefficient (Wildman–Crippen LogP) is 3.81. The van der Waals surface area contributed by atoms with Gasteiger partial charge >= 0.3 is 0 Å². The maximum absolute atomic E-state index is 12.7. The van der Waals surface area contributed by atoms with E-state index in [4.69, 9.17) is 11.6 Å². The van der Waals surface area contributed by atoms with Gasteiger partial charge in [-0.05, 0) is 43.9 Å². The Morgan fingerprint density at radius 2 is 2.07 bits per heavy atom. The summed E-state index contributed by atoms with van der Waals surface area (Å²) >= 11 is 7.94. The van der Waals surface area contributed by atoms with E-state index in [0.29, 0.717) is 29.2 Å². The van der Waals surface area contributed by atoms with Crippen LogP contribution >= 0.6 is 23.4 Å². The van der Waals surface area contributed by atoms with Crippen molar-refractivity contribution < 1.29 is 9.59 Å². The molecule has 0 radical (unpaired) electrons. The molecule has 0 aromatic heterocycles. The van der Waals surface area contributed by atoms with E-state index in [1.54, 1.807) is 23.9 Å². The summed E-state index contributed by atoms with van der Waals surface area (Å²) < 4.78 is 0. The van der Waals surface area contributed by atoms with Crippen molar-refractivity contribution in [3.8, 4) is 0 Å². The molecule has 7 heteroatoms. The fourth-order valence-corrected chi connectivity index (χ4v) is 4.17. The van der Waals surface area contributed by atoms with E-state index in [0.717, 1.165) is 16.2 Å². The van der Waals surface area contributed by atoms with Crippen LogP contribution in [-0.4, -0.2) is 43.1 Å². The lowest BCUT2D eigenvalue weighted by Gasteiger charge is -2.26. The Morgan fingerprint density at radius 3 is 2.81 bits per heavy atom. The maximum atomic E-state index is 12.7. The number of nitrogens with one attached hydrogen (secondary N) is 2. The molecule has 3 rings (SSSR count). The molecule has 0 spiro atoms. The number of nitrogens with zero attached hydrogens (tertiary/aromatic N) is 1. The lowest BCUT2D eigenvalue weighted by molar-refractivity contribution is -0.115. The molecular formula is C20H22ClN3O2S. The highest BCUT2D eigenvalue weighted by Gasteiger charge is 2.19. The normalized spacial score (nSPS) is 14.9. The second-order valence-electron chi connectivity index (χ2n) is 6.57. The first kappa shape index (κ1) is 19.7.